The molecule has 3 N–H and O–H groups in total. The van der Waals surface area contributed by atoms with E-state index in [1.54, 1.807) is 12.1 Å². The summed E-state index contributed by atoms with van der Waals surface area (Å²) in [6, 6.07) is 16.0. The molecule has 1 aliphatic heterocycles. The topological polar surface area (TPSA) is 81.7 Å². The van der Waals surface area contributed by atoms with Crippen LogP contribution in [0.5, 0.6) is 0 Å². The van der Waals surface area contributed by atoms with Gasteiger partial charge in [-0.2, -0.15) is 4.31 Å². The van der Waals surface area contributed by atoms with Crippen LogP contribution in [0.25, 0.3) is 0 Å². The Balaban J connectivity index is 1.70. The molecular weight excluding hydrogens is 386 g/mol. The van der Waals surface area contributed by atoms with Crippen molar-refractivity contribution >= 4 is 21.6 Å². The third kappa shape index (κ3) is 4.88. The molecule has 0 unspecified atom stereocenters. The van der Waals surface area contributed by atoms with Crippen LogP contribution < -0.4 is 10.9 Å². The molecule has 6 nitrogen and oxygen atoms in total. The van der Waals surface area contributed by atoms with Crippen LogP contribution >= 0.6 is 11.6 Å². The third-order valence-corrected chi connectivity index (χ3v) is 6.55. The largest absolute Gasteiger partial charge is 0.392 e. The van der Waals surface area contributed by atoms with E-state index in [0.29, 0.717) is 30.2 Å². The highest BCUT2D eigenvalue weighted by Crippen LogP contribution is 2.24. The van der Waals surface area contributed by atoms with Crippen molar-refractivity contribution in [1.29, 1.82) is 0 Å². The summed E-state index contributed by atoms with van der Waals surface area (Å²) in [5.74, 6) is 0. The van der Waals surface area contributed by atoms with Crippen LogP contribution in [-0.2, 0) is 16.6 Å². The summed E-state index contributed by atoms with van der Waals surface area (Å²) < 4.78 is 27.2. The Labute approximate surface area is 164 Å². The van der Waals surface area contributed by atoms with E-state index in [9.17, 15) is 13.5 Å². The lowest BCUT2D eigenvalue weighted by Crippen LogP contribution is -2.44. The minimum Gasteiger partial charge on any atom is -0.392 e. The Bertz CT molecular complexity index is 900. The summed E-state index contributed by atoms with van der Waals surface area (Å²) in [5.41, 5.74) is 8.75. The first-order valence-corrected chi connectivity index (χ1v) is 10.4. The number of sulfonamides is 1. The smallest absolute Gasteiger partial charge is 0.243 e. The van der Waals surface area contributed by atoms with Gasteiger partial charge in [0, 0.05) is 23.8 Å². The zero-order valence-corrected chi connectivity index (χ0v) is 16.3. The maximum atomic E-state index is 12.9. The second-order valence-corrected chi connectivity index (χ2v) is 8.62. The zero-order chi connectivity index (χ0) is 19.3. The second-order valence-electron chi connectivity index (χ2n) is 6.25. The standard InChI is InChI=1S/C19H22ClN3O3S/c20-17-6-8-18(9-7-17)27(25,26)23-11-10-16(14-24)19(13-23)22-21-12-15-4-2-1-3-5-15/h1-9,21-22,24H,10-14H2. The van der Waals surface area contributed by atoms with E-state index in [-0.39, 0.29) is 18.0 Å². The lowest BCUT2D eigenvalue weighted by molar-refractivity contribution is 0.305. The highest BCUT2D eigenvalue weighted by Gasteiger charge is 2.29. The van der Waals surface area contributed by atoms with Crippen LogP contribution in [0, 0.1) is 0 Å². The van der Waals surface area contributed by atoms with Gasteiger partial charge in [0.1, 0.15) is 0 Å². The van der Waals surface area contributed by atoms with Crippen molar-refractivity contribution in [2.24, 2.45) is 0 Å². The first-order valence-electron chi connectivity index (χ1n) is 8.61. The fraction of sp³-hybridized carbons (Fsp3) is 0.263. The average molecular weight is 408 g/mol. The monoisotopic (exact) mass is 407 g/mol. The number of benzene rings is 2. The molecule has 144 valence electrons. The number of nitrogens with one attached hydrogen (secondary N) is 2. The fourth-order valence-electron chi connectivity index (χ4n) is 2.89. The van der Waals surface area contributed by atoms with Gasteiger partial charge >= 0.3 is 0 Å². The molecule has 1 aliphatic rings. The summed E-state index contributed by atoms with van der Waals surface area (Å²) in [4.78, 5) is 0.205. The molecule has 0 amide bonds. The van der Waals surface area contributed by atoms with Gasteiger partial charge in [-0.15, -0.1) is 0 Å². The maximum absolute atomic E-state index is 12.9. The maximum Gasteiger partial charge on any atom is 0.243 e. The van der Waals surface area contributed by atoms with Crippen molar-refractivity contribution in [2.45, 2.75) is 17.9 Å². The van der Waals surface area contributed by atoms with Gasteiger partial charge in [-0.25, -0.2) is 13.8 Å². The molecule has 2 aromatic carbocycles. The Kier molecular flexibility index (Phi) is 6.51. The minimum absolute atomic E-state index is 0.107. The Morgan fingerprint density at radius 3 is 2.44 bits per heavy atom. The second kappa shape index (κ2) is 8.86. The van der Waals surface area contributed by atoms with Crippen LogP contribution in [0.2, 0.25) is 5.02 Å². The molecule has 3 rings (SSSR count). The van der Waals surface area contributed by atoms with Gasteiger partial charge in [-0.3, -0.25) is 0 Å². The molecule has 0 bridgehead atoms. The number of hydrogen-bond donors (Lipinski definition) is 3. The molecule has 8 heteroatoms. The minimum atomic E-state index is -3.63. The van der Waals surface area contributed by atoms with E-state index < -0.39 is 10.0 Å². The van der Waals surface area contributed by atoms with Gasteiger partial charge in [0.2, 0.25) is 10.0 Å². The van der Waals surface area contributed by atoms with Gasteiger partial charge in [0.05, 0.1) is 18.0 Å². The summed E-state index contributed by atoms with van der Waals surface area (Å²) >= 11 is 5.85. The van der Waals surface area contributed by atoms with Gasteiger partial charge in [0.25, 0.3) is 0 Å². The number of halogens is 1. The van der Waals surface area contributed by atoms with E-state index in [4.69, 9.17) is 11.6 Å². The molecule has 0 aromatic heterocycles. The molecule has 0 saturated heterocycles. The van der Waals surface area contributed by atoms with Crippen LogP contribution in [0.15, 0.2) is 70.8 Å². The number of aliphatic hydroxyl groups is 1. The zero-order valence-electron chi connectivity index (χ0n) is 14.7. The van der Waals surface area contributed by atoms with E-state index in [0.717, 1.165) is 11.1 Å². The molecule has 27 heavy (non-hydrogen) atoms. The van der Waals surface area contributed by atoms with Crippen molar-refractivity contribution < 1.29 is 13.5 Å². The molecule has 2 aromatic rings. The summed E-state index contributed by atoms with van der Waals surface area (Å²) in [5, 5.41) is 10.1. The molecule has 0 aliphatic carbocycles. The van der Waals surface area contributed by atoms with Crippen molar-refractivity contribution in [3.63, 3.8) is 0 Å². The van der Waals surface area contributed by atoms with Crippen molar-refractivity contribution in [3.05, 3.63) is 76.5 Å². The van der Waals surface area contributed by atoms with Crippen molar-refractivity contribution in [2.75, 3.05) is 19.7 Å². The van der Waals surface area contributed by atoms with Crippen molar-refractivity contribution in [1.82, 2.24) is 15.2 Å². The number of nitrogens with zero attached hydrogens (tertiary/aromatic N) is 1. The number of hydrogen-bond acceptors (Lipinski definition) is 5. The summed E-state index contributed by atoms with van der Waals surface area (Å²) in [6.07, 6.45) is 0.471. The molecule has 0 radical (unpaired) electrons. The summed E-state index contributed by atoms with van der Waals surface area (Å²) in [7, 11) is -3.63. The predicted molar refractivity (Wildman–Crippen MR) is 105 cm³/mol. The normalized spacial score (nSPS) is 15.8. The first-order chi connectivity index (χ1) is 13.0. The highest BCUT2D eigenvalue weighted by atomic mass is 35.5. The molecule has 0 fully saturated rings. The molecule has 0 saturated carbocycles. The quantitative estimate of drug-likeness (QED) is 0.613. The Morgan fingerprint density at radius 2 is 1.78 bits per heavy atom. The molecule has 0 spiro atoms. The van der Waals surface area contributed by atoms with Crippen LogP contribution in [0.1, 0.15) is 12.0 Å². The van der Waals surface area contributed by atoms with Crippen molar-refractivity contribution in [3.8, 4) is 0 Å². The van der Waals surface area contributed by atoms with E-state index in [1.807, 2.05) is 30.3 Å². The number of aliphatic hydroxyl groups excluding tert-OH is 1. The average Bonchev–Trinajstić information content (AvgIpc) is 2.69. The summed E-state index contributed by atoms with van der Waals surface area (Å²) in [6.45, 7) is 0.963. The van der Waals surface area contributed by atoms with E-state index >= 15 is 0 Å². The van der Waals surface area contributed by atoms with Gasteiger partial charge in [-0.1, -0.05) is 41.9 Å². The molecule has 0 atom stereocenters. The number of rotatable bonds is 7. The van der Waals surface area contributed by atoms with Gasteiger partial charge < -0.3 is 10.5 Å². The highest BCUT2D eigenvalue weighted by molar-refractivity contribution is 7.89. The van der Waals surface area contributed by atoms with Gasteiger partial charge in [0.15, 0.2) is 0 Å². The van der Waals surface area contributed by atoms with E-state index in [2.05, 4.69) is 10.9 Å². The fourth-order valence-corrected chi connectivity index (χ4v) is 4.42. The lowest BCUT2D eigenvalue weighted by atomic mass is 10.1. The van der Waals surface area contributed by atoms with E-state index in [1.165, 1.54) is 16.4 Å². The van der Waals surface area contributed by atoms with Crippen LogP contribution in [-0.4, -0.2) is 37.5 Å². The molecule has 1 heterocycles. The van der Waals surface area contributed by atoms with Gasteiger partial charge in [-0.05, 0) is 41.8 Å². The Hall–Kier alpha value is -1.90. The van der Waals surface area contributed by atoms with Crippen LogP contribution in [0.3, 0.4) is 0 Å². The predicted octanol–water partition coefficient (Wildman–Crippen LogP) is 2.28. The third-order valence-electron chi connectivity index (χ3n) is 4.44. The Morgan fingerprint density at radius 1 is 1.07 bits per heavy atom. The lowest BCUT2D eigenvalue weighted by Gasteiger charge is -2.30. The SMILES string of the molecule is O=S(=O)(c1ccc(Cl)cc1)N1CCC(CO)=C(NNCc2ccccc2)C1. The molecular formula is C19H22ClN3O3S. The first kappa shape index (κ1) is 19.9. The number of hydrazine groups is 1. The van der Waals surface area contributed by atoms with Crippen LogP contribution in [0.4, 0.5) is 0 Å².